The third-order valence-electron chi connectivity index (χ3n) is 5.27. The molecule has 3 heterocycles. The minimum atomic E-state index is 0.212. The molecule has 4 nitrogen and oxygen atoms in total. The summed E-state index contributed by atoms with van der Waals surface area (Å²) in [5, 5.41) is 8.69. The van der Waals surface area contributed by atoms with Crippen LogP contribution < -0.4 is 10.6 Å². The number of carbonyl (C=O) groups is 1. The monoisotopic (exact) mass is 335 g/mol. The van der Waals surface area contributed by atoms with Crippen LogP contribution in [-0.4, -0.2) is 50.1 Å². The second-order valence-electron chi connectivity index (χ2n) is 7.41. The van der Waals surface area contributed by atoms with Crippen molar-refractivity contribution in [1.82, 2.24) is 15.5 Å². The molecule has 2 saturated heterocycles. The van der Waals surface area contributed by atoms with Crippen LogP contribution in [0.1, 0.15) is 31.1 Å². The highest BCUT2D eigenvalue weighted by Gasteiger charge is 2.33. The van der Waals surface area contributed by atoms with Crippen LogP contribution in [-0.2, 0) is 11.2 Å². The molecule has 128 valence electrons. The second kappa shape index (κ2) is 7.77. The average molecular weight is 336 g/mol. The van der Waals surface area contributed by atoms with E-state index in [9.17, 15) is 4.79 Å². The highest BCUT2D eigenvalue weighted by Crippen LogP contribution is 2.28. The number of rotatable bonds is 6. The largest absolute Gasteiger partial charge is 0.355 e. The summed E-state index contributed by atoms with van der Waals surface area (Å²) in [4.78, 5) is 16.2. The summed E-state index contributed by atoms with van der Waals surface area (Å²) >= 11 is 1.76. The molecule has 0 aromatic carbocycles. The van der Waals surface area contributed by atoms with Crippen LogP contribution in [0.2, 0.25) is 0 Å². The number of piperidine rings is 1. The van der Waals surface area contributed by atoms with Gasteiger partial charge in [-0.15, -0.1) is 11.3 Å². The van der Waals surface area contributed by atoms with Crippen molar-refractivity contribution in [2.75, 3.05) is 39.3 Å². The Balaban J connectivity index is 1.35. The molecule has 3 rings (SSSR count). The molecule has 23 heavy (non-hydrogen) atoms. The normalized spacial score (nSPS) is 26.5. The van der Waals surface area contributed by atoms with Gasteiger partial charge in [-0.25, -0.2) is 0 Å². The summed E-state index contributed by atoms with van der Waals surface area (Å²) in [5.41, 5.74) is 0.426. The van der Waals surface area contributed by atoms with Crippen LogP contribution in [0.5, 0.6) is 0 Å². The lowest BCUT2D eigenvalue weighted by molar-refractivity contribution is -0.126. The summed E-state index contributed by atoms with van der Waals surface area (Å²) in [6.45, 7) is 8.75. The first-order chi connectivity index (χ1) is 11.1. The zero-order valence-electron chi connectivity index (χ0n) is 14.1. The number of amides is 1. The van der Waals surface area contributed by atoms with E-state index in [-0.39, 0.29) is 11.8 Å². The maximum Gasteiger partial charge on any atom is 0.223 e. The van der Waals surface area contributed by atoms with E-state index in [0.717, 1.165) is 52.0 Å². The highest BCUT2D eigenvalue weighted by molar-refractivity contribution is 7.09. The number of thiophene rings is 1. The summed E-state index contributed by atoms with van der Waals surface area (Å²) in [5.74, 6) is 0.471. The molecule has 1 amide bonds. The SMILES string of the molecule is CC1(CN2CCC(C(=O)NCCc3cccs3)CC2)CCNC1. The lowest BCUT2D eigenvalue weighted by Gasteiger charge is -2.36. The van der Waals surface area contributed by atoms with E-state index in [2.05, 4.69) is 40.0 Å². The number of hydrogen-bond donors (Lipinski definition) is 2. The third-order valence-corrected chi connectivity index (χ3v) is 6.21. The maximum absolute atomic E-state index is 12.3. The van der Waals surface area contributed by atoms with Crippen molar-refractivity contribution < 1.29 is 4.79 Å². The Morgan fingerprint density at radius 3 is 2.96 bits per heavy atom. The summed E-state index contributed by atoms with van der Waals surface area (Å²) in [6, 6.07) is 4.20. The van der Waals surface area contributed by atoms with Gasteiger partial charge in [-0.1, -0.05) is 13.0 Å². The van der Waals surface area contributed by atoms with Crippen LogP contribution >= 0.6 is 11.3 Å². The van der Waals surface area contributed by atoms with Gasteiger partial charge in [-0.05, 0) is 62.2 Å². The molecule has 2 N–H and O–H groups in total. The fourth-order valence-corrected chi connectivity index (χ4v) is 4.51. The topological polar surface area (TPSA) is 44.4 Å². The van der Waals surface area contributed by atoms with Gasteiger partial charge in [0, 0.05) is 30.4 Å². The lowest BCUT2D eigenvalue weighted by Crippen LogP contribution is -2.45. The maximum atomic E-state index is 12.3. The number of nitrogens with zero attached hydrogens (tertiary/aromatic N) is 1. The van der Waals surface area contributed by atoms with E-state index < -0.39 is 0 Å². The smallest absolute Gasteiger partial charge is 0.223 e. The average Bonchev–Trinajstić information content (AvgIpc) is 3.20. The Labute approximate surface area is 143 Å². The van der Waals surface area contributed by atoms with Gasteiger partial charge >= 0.3 is 0 Å². The molecule has 0 bridgehead atoms. The van der Waals surface area contributed by atoms with Crippen molar-refractivity contribution in [3.8, 4) is 0 Å². The first-order valence-corrected chi connectivity index (χ1v) is 9.76. The quantitative estimate of drug-likeness (QED) is 0.837. The number of nitrogens with one attached hydrogen (secondary N) is 2. The highest BCUT2D eigenvalue weighted by atomic mass is 32.1. The standard InChI is InChI=1S/C18H29N3OS/c1-18(7-9-19-13-18)14-21-10-5-15(6-11-21)17(22)20-8-4-16-3-2-12-23-16/h2-3,12,15,19H,4-11,13-14H2,1H3,(H,20,22). The Morgan fingerprint density at radius 2 is 2.30 bits per heavy atom. The first-order valence-electron chi connectivity index (χ1n) is 8.88. The molecule has 5 heteroatoms. The molecule has 0 spiro atoms. The molecule has 0 radical (unpaired) electrons. The molecule has 2 aliphatic rings. The predicted molar refractivity (Wildman–Crippen MR) is 95.8 cm³/mol. The van der Waals surface area contributed by atoms with Crippen molar-refractivity contribution in [2.45, 2.75) is 32.6 Å². The van der Waals surface area contributed by atoms with Crippen molar-refractivity contribution in [1.29, 1.82) is 0 Å². The minimum absolute atomic E-state index is 0.212. The minimum Gasteiger partial charge on any atom is -0.355 e. The van der Waals surface area contributed by atoms with Crippen LogP contribution in [0.15, 0.2) is 17.5 Å². The van der Waals surface area contributed by atoms with Gasteiger partial charge in [-0.3, -0.25) is 4.79 Å². The van der Waals surface area contributed by atoms with Gasteiger partial charge in [0.05, 0.1) is 0 Å². The molecule has 2 aliphatic heterocycles. The Hall–Kier alpha value is -0.910. The molecule has 2 fully saturated rings. The summed E-state index contributed by atoms with van der Waals surface area (Å²) in [7, 11) is 0. The van der Waals surface area contributed by atoms with Crippen LogP contribution in [0.3, 0.4) is 0 Å². The summed E-state index contributed by atoms with van der Waals surface area (Å²) in [6.07, 6.45) is 4.24. The zero-order chi connectivity index (χ0) is 16.1. The van der Waals surface area contributed by atoms with Crippen LogP contribution in [0.25, 0.3) is 0 Å². The molecule has 0 aliphatic carbocycles. The molecular weight excluding hydrogens is 306 g/mol. The number of likely N-dealkylation sites (tertiary alicyclic amines) is 1. The molecule has 1 atom stereocenters. The van der Waals surface area contributed by atoms with Crippen molar-refractivity contribution in [2.24, 2.45) is 11.3 Å². The lowest BCUT2D eigenvalue weighted by atomic mass is 9.87. The van der Waals surface area contributed by atoms with E-state index in [0.29, 0.717) is 5.41 Å². The van der Waals surface area contributed by atoms with Crippen LogP contribution in [0.4, 0.5) is 0 Å². The molecule has 1 unspecified atom stereocenters. The van der Waals surface area contributed by atoms with E-state index in [4.69, 9.17) is 0 Å². The number of carbonyl (C=O) groups excluding carboxylic acids is 1. The fraction of sp³-hybridized carbons (Fsp3) is 0.722. The van der Waals surface area contributed by atoms with Gasteiger partial charge in [0.1, 0.15) is 0 Å². The predicted octanol–water partition coefficient (Wildman–Crippen LogP) is 2.12. The Morgan fingerprint density at radius 1 is 1.48 bits per heavy atom. The Bertz CT molecular complexity index is 488. The summed E-state index contributed by atoms with van der Waals surface area (Å²) < 4.78 is 0. The first kappa shape index (κ1) is 16.9. The van der Waals surface area contributed by atoms with Crippen molar-refractivity contribution in [3.63, 3.8) is 0 Å². The molecule has 1 aromatic heterocycles. The van der Waals surface area contributed by atoms with Crippen molar-refractivity contribution >= 4 is 17.2 Å². The second-order valence-corrected chi connectivity index (χ2v) is 8.44. The van der Waals surface area contributed by atoms with E-state index >= 15 is 0 Å². The van der Waals surface area contributed by atoms with Gasteiger partial charge in [0.2, 0.25) is 5.91 Å². The zero-order valence-corrected chi connectivity index (χ0v) is 15.0. The number of hydrogen-bond acceptors (Lipinski definition) is 4. The Kier molecular flexibility index (Phi) is 5.72. The van der Waals surface area contributed by atoms with E-state index in [1.165, 1.54) is 17.8 Å². The van der Waals surface area contributed by atoms with E-state index in [1.54, 1.807) is 11.3 Å². The molecule has 1 aromatic rings. The van der Waals surface area contributed by atoms with Crippen molar-refractivity contribution in [3.05, 3.63) is 22.4 Å². The molecular formula is C18H29N3OS. The molecule has 0 saturated carbocycles. The van der Waals surface area contributed by atoms with Gasteiger partial charge in [0.25, 0.3) is 0 Å². The van der Waals surface area contributed by atoms with Gasteiger partial charge in [0.15, 0.2) is 0 Å². The van der Waals surface area contributed by atoms with Crippen LogP contribution in [0, 0.1) is 11.3 Å². The van der Waals surface area contributed by atoms with E-state index in [1.807, 2.05) is 0 Å². The van der Waals surface area contributed by atoms with Gasteiger partial charge in [-0.2, -0.15) is 0 Å². The van der Waals surface area contributed by atoms with Gasteiger partial charge < -0.3 is 15.5 Å². The fourth-order valence-electron chi connectivity index (χ4n) is 3.80. The third kappa shape index (κ3) is 4.78.